The zero-order valence-corrected chi connectivity index (χ0v) is 11.1. The normalized spacial score (nSPS) is 17.2. The molecule has 0 bridgehead atoms. The molecule has 2 N–H and O–H groups in total. The van der Waals surface area contributed by atoms with Crippen LogP contribution < -0.4 is 4.74 Å². The van der Waals surface area contributed by atoms with Gasteiger partial charge in [0.25, 0.3) is 0 Å². The second kappa shape index (κ2) is 4.77. The van der Waals surface area contributed by atoms with Crippen LogP contribution in [0.2, 0.25) is 0 Å². The van der Waals surface area contributed by atoms with Crippen molar-refractivity contribution in [1.82, 2.24) is 4.57 Å². The Kier molecular flexibility index (Phi) is 3.10. The number of fused-ring (bicyclic) bond motifs is 1. The monoisotopic (exact) mass is 277 g/mol. The third-order valence-corrected chi connectivity index (χ3v) is 4.57. The Morgan fingerprint density at radius 1 is 1.11 bits per heavy atom. The first-order valence-electron chi connectivity index (χ1n) is 6.00. The molecule has 0 fully saturated rings. The molecule has 0 spiro atoms. The van der Waals surface area contributed by atoms with Gasteiger partial charge in [0.1, 0.15) is 12.4 Å². The summed E-state index contributed by atoms with van der Waals surface area (Å²) in [7, 11) is -2.76. The van der Waals surface area contributed by atoms with Gasteiger partial charge in [0.2, 0.25) is 0 Å². The van der Waals surface area contributed by atoms with Crippen LogP contribution in [-0.4, -0.2) is 20.3 Å². The molecule has 0 aliphatic carbocycles. The quantitative estimate of drug-likeness (QED) is 0.896. The summed E-state index contributed by atoms with van der Waals surface area (Å²) in [5.41, 5.74) is 0.773. The van der Waals surface area contributed by atoms with E-state index >= 15 is 0 Å². The predicted molar refractivity (Wildman–Crippen MR) is 76.5 cm³/mol. The molecule has 100 valence electrons. The van der Waals surface area contributed by atoms with Gasteiger partial charge in [-0.25, -0.2) is 0 Å². The Bertz CT molecular complexity index is 605. The van der Waals surface area contributed by atoms with Gasteiger partial charge in [0, 0.05) is 23.4 Å². The third kappa shape index (κ3) is 2.40. The van der Waals surface area contributed by atoms with Gasteiger partial charge in [-0.3, -0.25) is 9.11 Å². The molecule has 5 heteroatoms. The van der Waals surface area contributed by atoms with Crippen LogP contribution in [0.4, 0.5) is 0 Å². The van der Waals surface area contributed by atoms with Crippen molar-refractivity contribution < 1.29 is 13.8 Å². The first kappa shape index (κ1) is 12.3. The van der Waals surface area contributed by atoms with Crippen LogP contribution in [-0.2, 0) is 6.54 Å². The summed E-state index contributed by atoms with van der Waals surface area (Å²) in [6.45, 7) is 1.30. The molecule has 0 amide bonds. The number of ether oxygens (including phenoxy) is 1. The maximum Gasteiger partial charge on any atom is 0.128 e. The minimum atomic E-state index is -2.76. The first-order valence-corrected chi connectivity index (χ1v) is 7.61. The molecule has 0 saturated heterocycles. The summed E-state index contributed by atoms with van der Waals surface area (Å²) in [5, 5.41) is 1.44. The fourth-order valence-corrected chi connectivity index (χ4v) is 3.34. The number of rotatable bonds is 4. The van der Waals surface area contributed by atoms with Crippen molar-refractivity contribution in [3.05, 3.63) is 53.7 Å². The zero-order valence-electron chi connectivity index (χ0n) is 10.3. The molecule has 3 rings (SSSR count). The van der Waals surface area contributed by atoms with E-state index in [2.05, 4.69) is 0 Å². The lowest BCUT2D eigenvalue weighted by Gasteiger charge is -2.25. The van der Waals surface area contributed by atoms with Crippen LogP contribution in [0, 0.1) is 0 Å². The Balaban J connectivity index is 1.73. The summed E-state index contributed by atoms with van der Waals surface area (Å²) in [4.78, 5) is 0.547. The molecule has 0 unspecified atom stereocenters. The number of nitrogens with zero attached hydrogens (tertiary/aromatic N) is 1. The molecule has 0 atom stereocenters. The minimum absolute atomic E-state index is 0.540. The van der Waals surface area contributed by atoms with Gasteiger partial charge >= 0.3 is 0 Å². The number of hydrogen-bond donors (Lipinski definition) is 2. The van der Waals surface area contributed by atoms with Crippen molar-refractivity contribution in [1.29, 1.82) is 0 Å². The standard InChI is InChI=1S/C14H15NO3S/c16-19(17)11-6-12-13(4-3-5-14(12)19)18-10-9-15-7-1-2-8-15/h1-8,11,16-17H,9-10H2. The van der Waals surface area contributed by atoms with E-state index < -0.39 is 10.6 Å². The van der Waals surface area contributed by atoms with Crippen LogP contribution in [0.3, 0.4) is 0 Å². The predicted octanol–water partition coefficient (Wildman–Crippen LogP) is 3.66. The van der Waals surface area contributed by atoms with Gasteiger partial charge in [-0.15, -0.1) is 10.6 Å². The molecule has 2 heterocycles. The topological polar surface area (TPSA) is 54.6 Å². The van der Waals surface area contributed by atoms with Crippen LogP contribution in [0.1, 0.15) is 5.56 Å². The van der Waals surface area contributed by atoms with Gasteiger partial charge in [0.05, 0.1) is 11.4 Å². The molecule has 0 saturated carbocycles. The van der Waals surface area contributed by atoms with Crippen LogP contribution in [0.25, 0.3) is 6.08 Å². The highest BCUT2D eigenvalue weighted by Gasteiger charge is 2.23. The van der Waals surface area contributed by atoms with E-state index in [1.165, 1.54) is 5.41 Å². The van der Waals surface area contributed by atoms with Crippen LogP contribution in [0.5, 0.6) is 5.75 Å². The molecule has 0 radical (unpaired) electrons. The fourth-order valence-electron chi connectivity index (χ4n) is 2.09. The van der Waals surface area contributed by atoms with Gasteiger partial charge in [-0.1, -0.05) is 6.07 Å². The number of benzene rings is 1. The van der Waals surface area contributed by atoms with E-state index in [4.69, 9.17) is 4.74 Å². The number of aromatic nitrogens is 1. The van der Waals surface area contributed by atoms with Crippen molar-refractivity contribution in [3.8, 4) is 5.75 Å². The van der Waals surface area contributed by atoms with Gasteiger partial charge in [0.15, 0.2) is 0 Å². The van der Waals surface area contributed by atoms with E-state index in [-0.39, 0.29) is 0 Å². The fraction of sp³-hybridized carbons (Fsp3) is 0.143. The van der Waals surface area contributed by atoms with E-state index in [9.17, 15) is 9.11 Å². The summed E-state index contributed by atoms with van der Waals surface area (Å²) < 4.78 is 27.4. The average molecular weight is 277 g/mol. The summed E-state index contributed by atoms with van der Waals surface area (Å²) in [6.07, 6.45) is 5.68. The Hall–Kier alpha value is -1.69. The van der Waals surface area contributed by atoms with Gasteiger partial charge in [-0.2, -0.15) is 0 Å². The molecule has 4 nitrogen and oxygen atoms in total. The van der Waals surface area contributed by atoms with E-state index in [1.807, 2.05) is 35.2 Å². The second-order valence-corrected chi connectivity index (χ2v) is 6.23. The van der Waals surface area contributed by atoms with Crippen LogP contribution in [0.15, 0.2) is 53.0 Å². The lowest BCUT2D eigenvalue weighted by Crippen LogP contribution is -2.07. The van der Waals surface area contributed by atoms with Crippen molar-refractivity contribution in [2.75, 3.05) is 6.61 Å². The summed E-state index contributed by atoms with van der Waals surface area (Å²) in [5.74, 6) is 0.693. The molecule has 19 heavy (non-hydrogen) atoms. The molecule has 2 aromatic rings. The molecule has 1 aromatic carbocycles. The second-order valence-electron chi connectivity index (χ2n) is 4.33. The van der Waals surface area contributed by atoms with Crippen molar-refractivity contribution >= 4 is 16.7 Å². The lowest BCUT2D eigenvalue weighted by atomic mass is 10.2. The zero-order chi connectivity index (χ0) is 13.3. The van der Waals surface area contributed by atoms with E-state index in [0.29, 0.717) is 17.3 Å². The highest BCUT2D eigenvalue weighted by atomic mass is 32.3. The maximum atomic E-state index is 9.84. The lowest BCUT2D eigenvalue weighted by molar-refractivity contribution is 0.297. The summed E-state index contributed by atoms with van der Waals surface area (Å²) in [6, 6.07) is 9.30. The first-order chi connectivity index (χ1) is 9.17. The Labute approximate surface area is 113 Å². The number of hydrogen-bond acceptors (Lipinski definition) is 3. The van der Waals surface area contributed by atoms with Gasteiger partial charge in [-0.05, 0) is 30.3 Å². The smallest absolute Gasteiger partial charge is 0.128 e. The molecular weight excluding hydrogens is 262 g/mol. The minimum Gasteiger partial charge on any atom is -0.491 e. The van der Waals surface area contributed by atoms with Crippen molar-refractivity contribution in [2.24, 2.45) is 0 Å². The molecule has 1 aromatic heterocycles. The largest absolute Gasteiger partial charge is 0.491 e. The van der Waals surface area contributed by atoms with Gasteiger partial charge < -0.3 is 9.30 Å². The Morgan fingerprint density at radius 3 is 2.68 bits per heavy atom. The molecule has 1 aliphatic rings. The summed E-state index contributed by atoms with van der Waals surface area (Å²) >= 11 is 0. The Morgan fingerprint density at radius 2 is 1.89 bits per heavy atom. The van der Waals surface area contributed by atoms with E-state index in [0.717, 1.165) is 12.1 Å². The maximum absolute atomic E-state index is 9.84. The van der Waals surface area contributed by atoms with Crippen molar-refractivity contribution in [2.45, 2.75) is 11.4 Å². The third-order valence-electron chi connectivity index (χ3n) is 3.05. The SMILES string of the molecule is OS1(O)C=Cc2c(OCCn3cccc3)cccc21. The van der Waals surface area contributed by atoms with Crippen molar-refractivity contribution in [3.63, 3.8) is 0 Å². The molecule has 1 aliphatic heterocycles. The highest BCUT2D eigenvalue weighted by Crippen LogP contribution is 2.57. The molecular formula is C14H15NO3S. The highest BCUT2D eigenvalue weighted by molar-refractivity contribution is 8.27. The average Bonchev–Trinajstić information content (AvgIpc) is 2.99. The van der Waals surface area contributed by atoms with E-state index in [1.54, 1.807) is 18.2 Å². The van der Waals surface area contributed by atoms with Crippen LogP contribution >= 0.6 is 10.6 Å².